The number of nitrogens with zero attached hydrogens (tertiary/aromatic N) is 1. The number of hydrogen-bond acceptors (Lipinski definition) is 3. The fourth-order valence-corrected chi connectivity index (χ4v) is 2.56. The number of hydrogen-bond donors (Lipinski definition) is 0. The van der Waals surface area contributed by atoms with Crippen LogP contribution in [0.5, 0.6) is 11.5 Å². The topological polar surface area (TPSA) is 42.2 Å². The number of alkyl halides is 1. The average molecular weight is 346 g/mol. The molecule has 2 rings (SSSR count). The van der Waals surface area contributed by atoms with Crippen LogP contribution in [0.1, 0.15) is 17.0 Å². The molecule has 0 spiro atoms. The van der Waals surface area contributed by atoms with Gasteiger partial charge >= 0.3 is 0 Å². The molecule has 0 amide bonds. The van der Waals surface area contributed by atoms with E-state index >= 15 is 0 Å². The third-order valence-electron chi connectivity index (χ3n) is 3.19. The Morgan fingerprint density at radius 2 is 1.90 bits per heavy atom. The minimum Gasteiger partial charge on any atom is -0.493 e. The van der Waals surface area contributed by atoms with Crippen molar-refractivity contribution in [3.05, 3.63) is 59.7 Å². The lowest BCUT2D eigenvalue weighted by Crippen LogP contribution is -2.12. The van der Waals surface area contributed by atoms with Crippen molar-refractivity contribution in [3.63, 3.8) is 0 Å². The summed E-state index contributed by atoms with van der Waals surface area (Å²) in [5, 5.41) is 9.72. The van der Waals surface area contributed by atoms with E-state index in [4.69, 9.17) is 14.7 Å². The van der Waals surface area contributed by atoms with Crippen LogP contribution in [0.2, 0.25) is 0 Å². The normalized spacial score (nSPS) is 11.5. The number of nitriles is 1. The average Bonchev–Trinajstić information content (AvgIpc) is 2.56. The first-order valence-corrected chi connectivity index (χ1v) is 7.72. The van der Waals surface area contributed by atoms with Gasteiger partial charge in [-0.25, -0.2) is 0 Å². The SMILES string of the molecule is COc1cc(C#N)ccc1OCC(CBr)c1ccccc1. The molecule has 0 N–H and O–H groups in total. The van der Waals surface area contributed by atoms with Crippen molar-refractivity contribution in [1.29, 1.82) is 5.26 Å². The van der Waals surface area contributed by atoms with E-state index in [-0.39, 0.29) is 5.92 Å². The minimum absolute atomic E-state index is 0.256. The zero-order valence-electron chi connectivity index (χ0n) is 11.8. The maximum atomic E-state index is 8.90. The summed E-state index contributed by atoms with van der Waals surface area (Å²) in [6, 6.07) is 17.5. The summed E-state index contributed by atoms with van der Waals surface area (Å²) in [7, 11) is 1.57. The molecule has 1 atom stereocenters. The molecule has 0 heterocycles. The first kappa shape index (κ1) is 15.4. The zero-order chi connectivity index (χ0) is 15.1. The highest BCUT2D eigenvalue weighted by atomic mass is 79.9. The maximum absolute atomic E-state index is 8.90. The van der Waals surface area contributed by atoms with Crippen LogP contribution in [-0.4, -0.2) is 19.0 Å². The van der Waals surface area contributed by atoms with Crippen LogP contribution in [0, 0.1) is 11.3 Å². The summed E-state index contributed by atoms with van der Waals surface area (Å²) < 4.78 is 11.1. The molecule has 2 aromatic carbocycles. The lowest BCUT2D eigenvalue weighted by molar-refractivity contribution is 0.279. The van der Waals surface area contributed by atoms with Gasteiger partial charge in [-0.2, -0.15) is 5.26 Å². The Labute approximate surface area is 133 Å². The van der Waals surface area contributed by atoms with Crippen LogP contribution in [-0.2, 0) is 0 Å². The van der Waals surface area contributed by atoms with Crippen LogP contribution in [0.15, 0.2) is 48.5 Å². The van der Waals surface area contributed by atoms with Crippen LogP contribution >= 0.6 is 15.9 Å². The van der Waals surface area contributed by atoms with Gasteiger partial charge in [0.1, 0.15) is 0 Å². The lowest BCUT2D eigenvalue weighted by Gasteiger charge is -2.17. The summed E-state index contributed by atoms with van der Waals surface area (Å²) in [4.78, 5) is 0. The quantitative estimate of drug-likeness (QED) is 0.739. The molecule has 0 aliphatic carbocycles. The van der Waals surface area contributed by atoms with Crippen LogP contribution < -0.4 is 9.47 Å². The molecule has 4 heteroatoms. The van der Waals surface area contributed by atoms with E-state index in [0.29, 0.717) is 23.7 Å². The Balaban J connectivity index is 2.10. The van der Waals surface area contributed by atoms with Gasteiger partial charge in [0, 0.05) is 17.3 Å². The first-order chi connectivity index (χ1) is 10.3. The van der Waals surface area contributed by atoms with Gasteiger partial charge in [0.2, 0.25) is 0 Å². The number of benzene rings is 2. The maximum Gasteiger partial charge on any atom is 0.162 e. The van der Waals surface area contributed by atoms with Crippen molar-refractivity contribution in [2.45, 2.75) is 5.92 Å². The summed E-state index contributed by atoms with van der Waals surface area (Å²) in [6.45, 7) is 0.539. The highest BCUT2D eigenvalue weighted by molar-refractivity contribution is 9.09. The molecule has 0 radical (unpaired) electrons. The fraction of sp³-hybridized carbons (Fsp3) is 0.235. The molecule has 3 nitrogen and oxygen atoms in total. The van der Waals surface area contributed by atoms with E-state index in [2.05, 4.69) is 34.1 Å². The third kappa shape index (κ3) is 3.99. The summed E-state index contributed by atoms with van der Waals surface area (Å²) in [5.41, 5.74) is 1.78. The highest BCUT2D eigenvalue weighted by Crippen LogP contribution is 2.29. The van der Waals surface area contributed by atoms with E-state index in [0.717, 1.165) is 5.33 Å². The molecule has 0 saturated carbocycles. The molecular formula is C17H16BrNO2. The minimum atomic E-state index is 0.256. The van der Waals surface area contributed by atoms with Crippen molar-refractivity contribution >= 4 is 15.9 Å². The van der Waals surface area contributed by atoms with Gasteiger partial charge in [-0.1, -0.05) is 46.3 Å². The Morgan fingerprint density at radius 3 is 2.52 bits per heavy atom. The van der Waals surface area contributed by atoms with E-state index in [1.54, 1.807) is 25.3 Å². The van der Waals surface area contributed by atoms with Gasteiger partial charge in [0.25, 0.3) is 0 Å². The van der Waals surface area contributed by atoms with Crippen molar-refractivity contribution < 1.29 is 9.47 Å². The predicted octanol–water partition coefficient (Wildman–Crippen LogP) is 4.12. The second-order valence-electron chi connectivity index (χ2n) is 4.55. The van der Waals surface area contributed by atoms with Gasteiger partial charge in [-0.3, -0.25) is 0 Å². The van der Waals surface area contributed by atoms with Gasteiger partial charge in [-0.15, -0.1) is 0 Å². The molecule has 0 aromatic heterocycles. The number of methoxy groups -OCH3 is 1. The third-order valence-corrected chi connectivity index (χ3v) is 3.97. The van der Waals surface area contributed by atoms with Crippen LogP contribution in [0.3, 0.4) is 0 Å². The highest BCUT2D eigenvalue weighted by Gasteiger charge is 2.13. The Kier molecular flexibility index (Phi) is 5.65. The molecule has 2 aromatic rings. The van der Waals surface area contributed by atoms with Gasteiger partial charge < -0.3 is 9.47 Å². The molecule has 108 valence electrons. The molecule has 0 fully saturated rings. The standard InChI is InChI=1S/C17H16BrNO2/c1-20-17-9-13(11-19)7-8-16(17)21-12-15(10-18)14-5-3-2-4-6-14/h2-9,15H,10,12H2,1H3. The molecule has 1 unspecified atom stereocenters. The molecule has 0 aliphatic rings. The van der Waals surface area contributed by atoms with Crippen molar-refractivity contribution in [1.82, 2.24) is 0 Å². The number of ether oxygens (including phenoxy) is 2. The molecular weight excluding hydrogens is 330 g/mol. The van der Waals surface area contributed by atoms with E-state index in [1.165, 1.54) is 5.56 Å². The van der Waals surface area contributed by atoms with Crippen molar-refractivity contribution in [2.24, 2.45) is 0 Å². The van der Waals surface area contributed by atoms with Gasteiger partial charge in [0.15, 0.2) is 11.5 Å². The largest absolute Gasteiger partial charge is 0.493 e. The van der Waals surface area contributed by atoms with E-state index in [9.17, 15) is 0 Å². The molecule has 0 bridgehead atoms. The smallest absolute Gasteiger partial charge is 0.162 e. The van der Waals surface area contributed by atoms with Gasteiger partial charge in [0.05, 0.1) is 25.3 Å². The number of halogens is 1. The Bertz CT molecular complexity index is 622. The monoisotopic (exact) mass is 345 g/mol. The summed E-state index contributed by atoms with van der Waals surface area (Å²) in [6.07, 6.45) is 0. The predicted molar refractivity (Wildman–Crippen MR) is 86.2 cm³/mol. The summed E-state index contributed by atoms with van der Waals surface area (Å²) in [5.74, 6) is 1.49. The second-order valence-corrected chi connectivity index (χ2v) is 5.20. The molecule has 0 aliphatic heterocycles. The Morgan fingerprint density at radius 1 is 1.14 bits per heavy atom. The Hall–Kier alpha value is -1.99. The van der Waals surface area contributed by atoms with Crippen LogP contribution in [0.25, 0.3) is 0 Å². The summed E-state index contributed by atoms with van der Waals surface area (Å²) >= 11 is 3.53. The molecule has 0 saturated heterocycles. The molecule has 21 heavy (non-hydrogen) atoms. The van der Waals surface area contributed by atoms with Crippen molar-refractivity contribution in [2.75, 3.05) is 19.0 Å². The second kappa shape index (κ2) is 7.70. The van der Waals surface area contributed by atoms with Gasteiger partial charge in [-0.05, 0) is 17.7 Å². The fourth-order valence-electron chi connectivity index (χ4n) is 2.00. The van der Waals surface area contributed by atoms with E-state index in [1.807, 2.05) is 18.2 Å². The first-order valence-electron chi connectivity index (χ1n) is 6.60. The van der Waals surface area contributed by atoms with Crippen molar-refractivity contribution in [3.8, 4) is 17.6 Å². The van der Waals surface area contributed by atoms with E-state index < -0.39 is 0 Å². The number of rotatable bonds is 6. The zero-order valence-corrected chi connectivity index (χ0v) is 13.3. The van der Waals surface area contributed by atoms with Crippen LogP contribution in [0.4, 0.5) is 0 Å². The lowest BCUT2D eigenvalue weighted by atomic mass is 10.0.